The second-order valence-electron chi connectivity index (χ2n) is 5.36. The quantitative estimate of drug-likeness (QED) is 0.679. The summed E-state index contributed by atoms with van der Waals surface area (Å²) in [4.78, 5) is 13.7. The van der Waals surface area contributed by atoms with Crippen LogP contribution in [0.4, 0.5) is 0 Å². The summed E-state index contributed by atoms with van der Waals surface area (Å²) in [6.07, 6.45) is 1.93. The highest BCUT2D eigenvalue weighted by Crippen LogP contribution is 2.12. The van der Waals surface area contributed by atoms with E-state index in [1.165, 1.54) is 10.6 Å². The van der Waals surface area contributed by atoms with E-state index in [2.05, 4.69) is 0 Å². The van der Waals surface area contributed by atoms with Crippen molar-refractivity contribution in [2.45, 2.75) is 26.7 Å². The van der Waals surface area contributed by atoms with Crippen LogP contribution in [-0.2, 0) is 21.2 Å². The monoisotopic (exact) mass is 360 g/mol. The third kappa shape index (κ3) is 6.89. The van der Waals surface area contributed by atoms with Gasteiger partial charge in [-0.05, 0) is 38.0 Å². The lowest BCUT2D eigenvalue weighted by molar-refractivity contribution is -0.130. The molecule has 1 aromatic rings. The molecular weight excluding hydrogens is 336 g/mol. The van der Waals surface area contributed by atoms with Crippen molar-refractivity contribution in [1.82, 2.24) is 9.21 Å². The van der Waals surface area contributed by atoms with Crippen molar-refractivity contribution >= 4 is 27.5 Å². The molecule has 0 aromatic heterocycles. The molecule has 0 aliphatic heterocycles. The van der Waals surface area contributed by atoms with Crippen molar-refractivity contribution in [3.8, 4) is 0 Å². The average molecular weight is 361 g/mol. The van der Waals surface area contributed by atoms with Gasteiger partial charge in [0.15, 0.2) is 0 Å². The molecule has 1 aromatic carbocycles. The van der Waals surface area contributed by atoms with E-state index < -0.39 is 10.0 Å². The molecule has 130 valence electrons. The molecule has 0 atom stereocenters. The van der Waals surface area contributed by atoms with Gasteiger partial charge >= 0.3 is 0 Å². The highest BCUT2D eigenvalue weighted by molar-refractivity contribution is 7.88. The zero-order valence-corrected chi connectivity index (χ0v) is 15.5. The van der Waals surface area contributed by atoms with Crippen LogP contribution >= 0.6 is 11.6 Å². The van der Waals surface area contributed by atoms with Gasteiger partial charge < -0.3 is 4.90 Å². The molecule has 0 saturated heterocycles. The number of amides is 1. The van der Waals surface area contributed by atoms with Crippen LogP contribution in [0, 0.1) is 0 Å². The summed E-state index contributed by atoms with van der Waals surface area (Å²) in [6.45, 7) is 5.64. The first-order valence-corrected chi connectivity index (χ1v) is 9.97. The molecule has 0 N–H and O–H groups in total. The predicted octanol–water partition coefficient (Wildman–Crippen LogP) is 2.40. The summed E-state index contributed by atoms with van der Waals surface area (Å²) in [5.41, 5.74) is 0.973. The average Bonchev–Trinajstić information content (AvgIpc) is 2.47. The number of rotatable bonds is 9. The first-order chi connectivity index (χ1) is 10.8. The first-order valence-electron chi connectivity index (χ1n) is 7.75. The van der Waals surface area contributed by atoms with Gasteiger partial charge in [0.1, 0.15) is 0 Å². The molecule has 0 aliphatic carbocycles. The number of hydrogen-bond donors (Lipinski definition) is 0. The Hall–Kier alpha value is -1.11. The van der Waals surface area contributed by atoms with Gasteiger partial charge in [-0.2, -0.15) is 0 Å². The van der Waals surface area contributed by atoms with E-state index >= 15 is 0 Å². The molecular formula is C16H25ClN2O3S. The molecule has 5 nitrogen and oxygen atoms in total. The zero-order chi connectivity index (χ0) is 17.5. The maximum atomic E-state index is 12.0. The third-order valence-electron chi connectivity index (χ3n) is 3.70. The molecule has 0 heterocycles. The van der Waals surface area contributed by atoms with Gasteiger partial charge in [-0.3, -0.25) is 4.79 Å². The highest BCUT2D eigenvalue weighted by atomic mass is 35.5. The van der Waals surface area contributed by atoms with Crippen LogP contribution in [0.2, 0.25) is 5.02 Å². The Morgan fingerprint density at radius 2 is 1.83 bits per heavy atom. The minimum atomic E-state index is -3.35. The van der Waals surface area contributed by atoms with Crippen LogP contribution < -0.4 is 0 Å². The topological polar surface area (TPSA) is 57.7 Å². The summed E-state index contributed by atoms with van der Waals surface area (Å²) in [6, 6.07) is 7.35. The Balaban J connectivity index is 2.65. The lowest BCUT2D eigenvalue weighted by atomic mass is 10.1. The van der Waals surface area contributed by atoms with E-state index in [0.717, 1.165) is 5.56 Å². The van der Waals surface area contributed by atoms with Gasteiger partial charge in [0.25, 0.3) is 0 Å². The predicted molar refractivity (Wildman–Crippen MR) is 94.1 cm³/mol. The third-order valence-corrected chi connectivity index (χ3v) is 5.24. The van der Waals surface area contributed by atoms with E-state index in [1.807, 2.05) is 32.0 Å². The van der Waals surface area contributed by atoms with Crippen LogP contribution in [0.25, 0.3) is 0 Å². The minimum Gasteiger partial charge on any atom is -0.343 e. The largest absolute Gasteiger partial charge is 0.343 e. The molecule has 0 saturated carbocycles. The number of nitrogens with zero attached hydrogens (tertiary/aromatic N) is 2. The fourth-order valence-electron chi connectivity index (χ4n) is 2.34. The lowest BCUT2D eigenvalue weighted by Gasteiger charge is -2.23. The summed E-state index contributed by atoms with van der Waals surface area (Å²) >= 11 is 5.94. The Morgan fingerprint density at radius 1 is 1.17 bits per heavy atom. The molecule has 1 rings (SSSR count). The van der Waals surface area contributed by atoms with Gasteiger partial charge in [0, 0.05) is 37.6 Å². The standard InChI is InChI=1S/C16H25ClN2O3S/c1-4-18(5-2)16(20)10-12-19(23(3,21)22)11-9-14-7-6-8-15(17)13-14/h6-8,13H,4-5,9-12H2,1-3H3. The number of hydrogen-bond acceptors (Lipinski definition) is 3. The fourth-order valence-corrected chi connectivity index (χ4v) is 3.40. The number of carbonyl (C=O) groups is 1. The van der Waals surface area contributed by atoms with Crippen molar-refractivity contribution in [3.05, 3.63) is 34.9 Å². The second-order valence-corrected chi connectivity index (χ2v) is 7.78. The van der Waals surface area contributed by atoms with Gasteiger partial charge in [-0.25, -0.2) is 12.7 Å². The summed E-state index contributed by atoms with van der Waals surface area (Å²) in [7, 11) is -3.35. The molecule has 0 unspecified atom stereocenters. The van der Waals surface area contributed by atoms with E-state index in [0.29, 0.717) is 31.1 Å². The Morgan fingerprint density at radius 3 is 2.35 bits per heavy atom. The van der Waals surface area contributed by atoms with Crippen molar-refractivity contribution in [3.63, 3.8) is 0 Å². The Labute approximate surface area is 144 Å². The lowest BCUT2D eigenvalue weighted by Crippen LogP contribution is -2.37. The van der Waals surface area contributed by atoms with Crippen LogP contribution in [0.5, 0.6) is 0 Å². The number of benzene rings is 1. The minimum absolute atomic E-state index is 0.0218. The maximum absolute atomic E-state index is 12.0. The van der Waals surface area contributed by atoms with Crippen molar-refractivity contribution in [1.29, 1.82) is 0 Å². The van der Waals surface area contributed by atoms with Crippen LogP contribution in [0.1, 0.15) is 25.8 Å². The highest BCUT2D eigenvalue weighted by Gasteiger charge is 2.19. The Bertz CT molecular complexity index is 616. The number of carbonyl (C=O) groups excluding carboxylic acids is 1. The van der Waals surface area contributed by atoms with Gasteiger partial charge in [0.2, 0.25) is 15.9 Å². The maximum Gasteiger partial charge on any atom is 0.223 e. The normalized spacial score (nSPS) is 11.7. The summed E-state index contributed by atoms with van der Waals surface area (Å²) < 4.78 is 25.2. The van der Waals surface area contributed by atoms with Crippen LogP contribution in [0.15, 0.2) is 24.3 Å². The van der Waals surface area contributed by atoms with E-state index in [1.54, 1.807) is 11.0 Å². The smallest absolute Gasteiger partial charge is 0.223 e. The van der Waals surface area contributed by atoms with Gasteiger partial charge in [0.05, 0.1) is 6.26 Å². The van der Waals surface area contributed by atoms with Crippen LogP contribution in [0.3, 0.4) is 0 Å². The fraction of sp³-hybridized carbons (Fsp3) is 0.562. The molecule has 7 heteroatoms. The van der Waals surface area contributed by atoms with Gasteiger partial charge in [-0.15, -0.1) is 0 Å². The summed E-state index contributed by atoms with van der Waals surface area (Å²) in [5.74, 6) is -0.0218. The van der Waals surface area contributed by atoms with Crippen molar-refractivity contribution in [2.75, 3.05) is 32.4 Å². The van der Waals surface area contributed by atoms with E-state index in [4.69, 9.17) is 11.6 Å². The SMILES string of the molecule is CCN(CC)C(=O)CCN(CCc1cccc(Cl)c1)S(C)(=O)=O. The molecule has 23 heavy (non-hydrogen) atoms. The Kier molecular flexibility index (Phi) is 8.02. The second kappa shape index (κ2) is 9.25. The van der Waals surface area contributed by atoms with Crippen molar-refractivity contribution < 1.29 is 13.2 Å². The van der Waals surface area contributed by atoms with E-state index in [-0.39, 0.29) is 18.9 Å². The van der Waals surface area contributed by atoms with Crippen molar-refractivity contribution in [2.24, 2.45) is 0 Å². The number of halogens is 1. The molecule has 0 bridgehead atoms. The molecule has 0 spiro atoms. The zero-order valence-electron chi connectivity index (χ0n) is 14.0. The van der Waals surface area contributed by atoms with E-state index in [9.17, 15) is 13.2 Å². The molecule has 0 fully saturated rings. The van der Waals surface area contributed by atoms with Crippen LogP contribution in [-0.4, -0.2) is 56.0 Å². The molecule has 0 radical (unpaired) electrons. The van der Waals surface area contributed by atoms with Gasteiger partial charge in [-0.1, -0.05) is 23.7 Å². The summed E-state index contributed by atoms with van der Waals surface area (Å²) in [5, 5.41) is 0.630. The molecule has 0 aliphatic rings. The first kappa shape index (κ1) is 19.9. The molecule has 1 amide bonds. The number of sulfonamides is 1.